The number of ether oxygens (including phenoxy) is 5. The molecule has 4 N–H and O–H groups in total. The van der Waals surface area contributed by atoms with Gasteiger partial charge in [-0.2, -0.15) is 0 Å². The lowest BCUT2D eigenvalue weighted by atomic mass is 9.64. The molecule has 3 saturated carbocycles. The van der Waals surface area contributed by atoms with E-state index in [9.17, 15) is 20.4 Å². The molecule has 2 aromatic carbocycles. The molecule has 3 saturated heterocycles. The lowest BCUT2D eigenvalue weighted by Gasteiger charge is -2.42. The van der Waals surface area contributed by atoms with Crippen molar-refractivity contribution in [3.63, 3.8) is 0 Å². The molecule has 9 nitrogen and oxygen atoms in total. The molecule has 3 heterocycles. The van der Waals surface area contributed by atoms with E-state index in [4.69, 9.17) is 23.7 Å². The molecule has 0 spiro atoms. The van der Waals surface area contributed by atoms with Gasteiger partial charge < -0.3 is 44.1 Å². The molecular formula is C53H86O9. The fourth-order valence-electron chi connectivity index (χ4n) is 11.2. The summed E-state index contributed by atoms with van der Waals surface area (Å²) in [7, 11) is 0. The van der Waals surface area contributed by atoms with E-state index in [1.807, 2.05) is 13.8 Å². The molecule has 3 aliphatic heterocycles. The number of aliphatic hydroxyl groups excluding tert-OH is 4. The van der Waals surface area contributed by atoms with Gasteiger partial charge in [-0.15, -0.1) is 0 Å². The van der Waals surface area contributed by atoms with E-state index in [1.165, 1.54) is 43.2 Å². The van der Waals surface area contributed by atoms with Gasteiger partial charge in [0.05, 0.1) is 24.9 Å². The zero-order valence-corrected chi connectivity index (χ0v) is 40.5. The van der Waals surface area contributed by atoms with Crippen molar-refractivity contribution in [2.45, 2.75) is 219 Å². The summed E-state index contributed by atoms with van der Waals surface area (Å²) in [5.41, 5.74) is 2.85. The van der Waals surface area contributed by atoms with Gasteiger partial charge in [0.25, 0.3) is 0 Å². The average molecular weight is 867 g/mol. The van der Waals surface area contributed by atoms with Crippen molar-refractivity contribution < 1.29 is 44.1 Å². The molecule has 13 atom stereocenters. The molecule has 3 aliphatic carbocycles. The van der Waals surface area contributed by atoms with Gasteiger partial charge in [-0.05, 0) is 124 Å². The van der Waals surface area contributed by atoms with Crippen LogP contribution >= 0.6 is 0 Å². The van der Waals surface area contributed by atoms with Gasteiger partial charge >= 0.3 is 0 Å². The predicted molar refractivity (Wildman–Crippen MR) is 246 cm³/mol. The molecule has 0 aromatic heterocycles. The van der Waals surface area contributed by atoms with Crippen LogP contribution in [-0.4, -0.2) is 87.6 Å². The lowest BCUT2D eigenvalue weighted by molar-refractivity contribution is -0.232. The number of hydrogen-bond donors (Lipinski definition) is 4. The third kappa shape index (κ3) is 13.1. The van der Waals surface area contributed by atoms with Crippen molar-refractivity contribution in [1.29, 1.82) is 0 Å². The maximum atomic E-state index is 10.3. The standard InChI is InChI=1S/C16H24O.C15H22O.C12H20O6.C10H20O/c1-12-9-10-14(15(17)11-12)16(2,3)13-7-5-4-6-8-13;1-15(2,12-8-4-3-5-9-12)13-10-6-7-11-14(13)16;1-11(2)14-5-6(16-11)8-7(13)9-10(15-8)18-12(3,4)17-9;1-7(2)9-5-4-8(3)6-10(9)11/h4-8,12,14-15,17H,9-11H2,1-3H3;3-5,8-9,13-14,16H,6-7,10-11H2,1-2H3;6-10,13H,5H2,1-4H3;7-11H,4-6H2,1-3H3/t12-,14-,15-;13-,14-;6-,7-,8?,9?,10?;8-,9+,10-/m0000/s1. The van der Waals surface area contributed by atoms with Crippen LogP contribution < -0.4 is 0 Å². The SMILES string of the molecule is CC(C)(c1ccccc1)[C@H]1CCCC[C@@H]1O.CC(C)[C@H]1CC[C@H](C)C[C@@H]1O.CC1(C)OC2OC([C@@H]3COC(C)(C)O3)[C@H](O)C2O1.C[C@H]1CC[C@H](C(C)(C)c2ccccc2)[C@@H](O)C1. The first kappa shape index (κ1) is 51.1. The summed E-state index contributed by atoms with van der Waals surface area (Å²) in [6.45, 7) is 25.7. The highest BCUT2D eigenvalue weighted by Gasteiger charge is 2.58. The molecule has 2 aromatic rings. The van der Waals surface area contributed by atoms with Crippen LogP contribution in [0.3, 0.4) is 0 Å². The Morgan fingerprint density at radius 3 is 1.56 bits per heavy atom. The largest absolute Gasteiger partial charge is 0.393 e. The number of benzene rings is 2. The van der Waals surface area contributed by atoms with Crippen molar-refractivity contribution in [1.82, 2.24) is 0 Å². The Morgan fingerprint density at radius 1 is 0.581 bits per heavy atom. The van der Waals surface area contributed by atoms with E-state index < -0.39 is 36.2 Å². The monoisotopic (exact) mass is 867 g/mol. The average Bonchev–Trinajstić information content (AvgIpc) is 3.83. The van der Waals surface area contributed by atoms with Crippen molar-refractivity contribution in [2.75, 3.05) is 6.61 Å². The van der Waals surface area contributed by atoms with Gasteiger partial charge in [-0.1, -0.05) is 142 Å². The van der Waals surface area contributed by atoms with Gasteiger partial charge in [0.15, 0.2) is 17.9 Å². The quantitative estimate of drug-likeness (QED) is 0.225. The van der Waals surface area contributed by atoms with Crippen LogP contribution in [-0.2, 0) is 34.5 Å². The van der Waals surface area contributed by atoms with E-state index in [0.717, 1.165) is 38.0 Å². The van der Waals surface area contributed by atoms with Crippen molar-refractivity contribution in [2.24, 2.45) is 35.5 Å². The zero-order valence-electron chi connectivity index (χ0n) is 40.5. The third-order valence-electron chi connectivity index (χ3n) is 15.1. The van der Waals surface area contributed by atoms with Gasteiger partial charge in [0, 0.05) is 0 Å². The first-order chi connectivity index (χ1) is 29.0. The maximum Gasteiger partial charge on any atom is 0.190 e. The van der Waals surface area contributed by atoms with Crippen molar-refractivity contribution in [3.05, 3.63) is 71.8 Å². The Labute approximate surface area is 375 Å². The molecule has 6 aliphatic rings. The topological polar surface area (TPSA) is 127 Å². The van der Waals surface area contributed by atoms with Crippen LogP contribution in [0, 0.1) is 35.5 Å². The molecule has 0 radical (unpaired) electrons. The molecule has 0 bridgehead atoms. The molecule has 9 heteroatoms. The number of aliphatic hydroxyl groups is 4. The number of hydrogen-bond acceptors (Lipinski definition) is 9. The molecule has 0 amide bonds. The molecule has 6 fully saturated rings. The Bertz CT molecular complexity index is 1610. The number of fused-ring (bicyclic) bond motifs is 1. The predicted octanol–water partition coefficient (Wildman–Crippen LogP) is 10.1. The Hall–Kier alpha value is -1.92. The summed E-state index contributed by atoms with van der Waals surface area (Å²) >= 11 is 0. The van der Waals surface area contributed by atoms with E-state index in [0.29, 0.717) is 36.2 Å². The highest BCUT2D eigenvalue weighted by molar-refractivity contribution is 5.26. The van der Waals surface area contributed by atoms with Crippen molar-refractivity contribution in [3.8, 4) is 0 Å². The summed E-state index contributed by atoms with van der Waals surface area (Å²) in [5, 5.41) is 40.5. The lowest BCUT2D eigenvalue weighted by Crippen LogP contribution is -2.42. The Morgan fingerprint density at radius 2 is 1.10 bits per heavy atom. The Balaban J connectivity index is 0.000000158. The van der Waals surface area contributed by atoms with Gasteiger partial charge in [-0.3, -0.25) is 0 Å². The smallest absolute Gasteiger partial charge is 0.190 e. The summed E-state index contributed by atoms with van der Waals surface area (Å²) in [4.78, 5) is 0. The van der Waals surface area contributed by atoms with E-state index >= 15 is 0 Å². The Kier molecular flexibility index (Phi) is 17.8. The van der Waals surface area contributed by atoms with Crippen LogP contribution in [0.25, 0.3) is 0 Å². The first-order valence-corrected chi connectivity index (χ1v) is 24.2. The molecule has 352 valence electrons. The summed E-state index contributed by atoms with van der Waals surface area (Å²) < 4.78 is 28.1. The summed E-state index contributed by atoms with van der Waals surface area (Å²) in [6.07, 6.45) is 8.64. The van der Waals surface area contributed by atoms with E-state index in [2.05, 4.69) is 116 Å². The number of rotatable bonds is 6. The highest BCUT2D eigenvalue weighted by Crippen LogP contribution is 2.44. The molecule has 3 unspecified atom stereocenters. The molecule has 62 heavy (non-hydrogen) atoms. The van der Waals surface area contributed by atoms with E-state index in [1.54, 1.807) is 13.8 Å². The van der Waals surface area contributed by atoms with Gasteiger partial charge in [0.2, 0.25) is 0 Å². The first-order valence-electron chi connectivity index (χ1n) is 24.2. The third-order valence-corrected chi connectivity index (χ3v) is 15.1. The van der Waals surface area contributed by atoms with Gasteiger partial charge in [0.1, 0.15) is 24.4 Å². The summed E-state index contributed by atoms with van der Waals surface area (Å²) in [5.74, 6) is 2.07. The molecule has 8 rings (SSSR count). The second-order valence-corrected chi connectivity index (χ2v) is 22.0. The van der Waals surface area contributed by atoms with Gasteiger partial charge in [-0.25, -0.2) is 0 Å². The van der Waals surface area contributed by atoms with Crippen LogP contribution in [0.2, 0.25) is 0 Å². The fraction of sp³-hybridized carbons (Fsp3) is 0.774. The highest BCUT2D eigenvalue weighted by atomic mass is 16.8. The fourth-order valence-corrected chi connectivity index (χ4v) is 11.2. The minimum absolute atomic E-state index is 0.0289. The van der Waals surface area contributed by atoms with Crippen molar-refractivity contribution >= 4 is 0 Å². The maximum absolute atomic E-state index is 10.3. The normalized spacial score (nSPS) is 36.6. The van der Waals surface area contributed by atoms with Crippen LogP contribution in [0.4, 0.5) is 0 Å². The van der Waals surface area contributed by atoms with Crippen LogP contribution in [0.5, 0.6) is 0 Å². The minimum atomic E-state index is -0.765. The molecular weight excluding hydrogens is 781 g/mol. The van der Waals surface area contributed by atoms with E-state index in [-0.39, 0.29) is 35.2 Å². The van der Waals surface area contributed by atoms with Crippen LogP contribution in [0.15, 0.2) is 60.7 Å². The zero-order chi connectivity index (χ0) is 45.6. The summed E-state index contributed by atoms with van der Waals surface area (Å²) in [6, 6.07) is 21.2. The second kappa shape index (κ2) is 21.6. The second-order valence-electron chi connectivity index (χ2n) is 22.0. The van der Waals surface area contributed by atoms with Crippen LogP contribution in [0.1, 0.15) is 158 Å². The minimum Gasteiger partial charge on any atom is -0.393 e.